The van der Waals surface area contributed by atoms with Crippen LogP contribution >= 0.6 is 11.6 Å². The Morgan fingerprint density at radius 2 is 1.95 bits per heavy atom. The number of pyridine rings is 1. The van der Waals surface area contributed by atoms with E-state index in [4.69, 9.17) is 11.6 Å². The van der Waals surface area contributed by atoms with E-state index in [1.165, 1.54) is 12.8 Å². The Labute approximate surface area is 129 Å². The minimum absolute atomic E-state index is 0.111. The molecule has 0 spiro atoms. The normalized spacial score (nSPS) is 15.6. The molecule has 0 atom stereocenters. The number of nitrogens with zero attached hydrogens (tertiary/aromatic N) is 1. The Balaban J connectivity index is 1.98. The standard InChI is InChI=1S/C17H19ClN2O/c1-10-7-11(2)15-12(8-10)9-14(16(18)20-15)17(21)19-13-5-3-4-6-13/h7-9,13H,3-6H2,1-2H3,(H,19,21). The van der Waals surface area contributed by atoms with E-state index in [-0.39, 0.29) is 17.1 Å². The lowest BCUT2D eigenvalue weighted by molar-refractivity contribution is 0.0938. The predicted molar refractivity (Wildman–Crippen MR) is 85.9 cm³/mol. The zero-order valence-corrected chi connectivity index (χ0v) is 13.1. The van der Waals surface area contributed by atoms with E-state index in [0.29, 0.717) is 5.56 Å². The maximum Gasteiger partial charge on any atom is 0.254 e. The molecule has 1 aliphatic carbocycles. The molecule has 1 aromatic heterocycles. The van der Waals surface area contributed by atoms with Crippen molar-refractivity contribution in [2.45, 2.75) is 45.6 Å². The van der Waals surface area contributed by atoms with Crippen LogP contribution in [0.4, 0.5) is 0 Å². The average Bonchev–Trinajstić information content (AvgIpc) is 2.91. The summed E-state index contributed by atoms with van der Waals surface area (Å²) in [5.74, 6) is -0.111. The summed E-state index contributed by atoms with van der Waals surface area (Å²) in [6, 6.07) is 6.25. The molecule has 1 fully saturated rings. The van der Waals surface area contributed by atoms with Gasteiger partial charge in [-0.15, -0.1) is 0 Å². The highest BCUT2D eigenvalue weighted by molar-refractivity contribution is 6.33. The van der Waals surface area contributed by atoms with Gasteiger partial charge in [0.2, 0.25) is 0 Å². The van der Waals surface area contributed by atoms with Crippen molar-refractivity contribution in [3.05, 3.63) is 40.0 Å². The summed E-state index contributed by atoms with van der Waals surface area (Å²) in [5.41, 5.74) is 3.57. The quantitative estimate of drug-likeness (QED) is 0.846. The van der Waals surface area contributed by atoms with Crippen molar-refractivity contribution in [1.82, 2.24) is 10.3 Å². The Kier molecular flexibility index (Phi) is 3.85. The van der Waals surface area contributed by atoms with Crippen LogP contribution in [-0.4, -0.2) is 16.9 Å². The minimum Gasteiger partial charge on any atom is -0.349 e. The molecule has 1 amide bonds. The van der Waals surface area contributed by atoms with Crippen LogP contribution in [0.1, 0.15) is 47.2 Å². The zero-order valence-electron chi connectivity index (χ0n) is 12.4. The lowest BCUT2D eigenvalue weighted by atomic mass is 10.0. The highest BCUT2D eigenvalue weighted by Gasteiger charge is 2.20. The van der Waals surface area contributed by atoms with Gasteiger partial charge in [-0.25, -0.2) is 4.98 Å². The van der Waals surface area contributed by atoms with Gasteiger partial charge in [-0.05, 0) is 44.4 Å². The van der Waals surface area contributed by atoms with Crippen LogP contribution in [0.3, 0.4) is 0 Å². The summed E-state index contributed by atoms with van der Waals surface area (Å²) >= 11 is 6.22. The first-order chi connectivity index (χ1) is 10.0. The summed E-state index contributed by atoms with van der Waals surface area (Å²) in [6.07, 6.45) is 4.49. The molecule has 1 N–H and O–H groups in total. The van der Waals surface area contributed by atoms with Crippen LogP contribution in [0, 0.1) is 13.8 Å². The van der Waals surface area contributed by atoms with Crippen molar-refractivity contribution in [2.75, 3.05) is 0 Å². The van der Waals surface area contributed by atoms with E-state index in [1.54, 1.807) is 0 Å². The number of amides is 1. The number of fused-ring (bicyclic) bond motifs is 1. The number of carbonyl (C=O) groups is 1. The first-order valence-corrected chi connectivity index (χ1v) is 7.81. The average molecular weight is 303 g/mol. The fraction of sp³-hybridized carbons (Fsp3) is 0.412. The number of rotatable bonds is 2. The fourth-order valence-electron chi connectivity index (χ4n) is 3.12. The molecule has 3 rings (SSSR count). The molecular formula is C17H19ClN2O. The number of hydrogen-bond acceptors (Lipinski definition) is 2. The number of halogens is 1. The van der Waals surface area contributed by atoms with Gasteiger partial charge in [0, 0.05) is 11.4 Å². The lowest BCUT2D eigenvalue weighted by Crippen LogP contribution is -2.32. The highest BCUT2D eigenvalue weighted by atomic mass is 35.5. The largest absolute Gasteiger partial charge is 0.349 e. The topological polar surface area (TPSA) is 42.0 Å². The maximum absolute atomic E-state index is 12.4. The van der Waals surface area contributed by atoms with E-state index in [2.05, 4.69) is 16.4 Å². The molecule has 1 aromatic carbocycles. The molecule has 0 bridgehead atoms. The first kappa shape index (κ1) is 14.3. The summed E-state index contributed by atoms with van der Waals surface area (Å²) in [6.45, 7) is 4.05. The molecule has 0 unspecified atom stereocenters. The van der Waals surface area contributed by atoms with Crippen molar-refractivity contribution in [3.63, 3.8) is 0 Å². The van der Waals surface area contributed by atoms with E-state index in [9.17, 15) is 4.79 Å². The monoisotopic (exact) mass is 302 g/mol. The Bertz CT molecular complexity index is 705. The Morgan fingerprint density at radius 1 is 1.24 bits per heavy atom. The van der Waals surface area contributed by atoms with E-state index < -0.39 is 0 Å². The second-order valence-corrected chi connectivity index (χ2v) is 6.29. The van der Waals surface area contributed by atoms with Gasteiger partial charge in [0.25, 0.3) is 5.91 Å². The molecule has 0 radical (unpaired) electrons. The molecule has 1 saturated carbocycles. The number of nitrogens with one attached hydrogen (secondary N) is 1. The highest BCUT2D eigenvalue weighted by Crippen LogP contribution is 2.25. The third kappa shape index (κ3) is 2.88. The summed E-state index contributed by atoms with van der Waals surface area (Å²) in [4.78, 5) is 16.8. The third-order valence-corrected chi connectivity index (χ3v) is 4.43. The summed E-state index contributed by atoms with van der Waals surface area (Å²) in [7, 11) is 0. The van der Waals surface area contributed by atoms with Gasteiger partial charge in [-0.1, -0.05) is 36.1 Å². The van der Waals surface area contributed by atoms with Gasteiger partial charge < -0.3 is 5.32 Å². The summed E-state index contributed by atoms with van der Waals surface area (Å²) in [5, 5.41) is 4.32. The second kappa shape index (κ2) is 5.64. The van der Waals surface area contributed by atoms with Crippen LogP contribution in [0.15, 0.2) is 18.2 Å². The van der Waals surface area contributed by atoms with E-state index >= 15 is 0 Å². The van der Waals surface area contributed by atoms with Crippen molar-refractivity contribution in [2.24, 2.45) is 0 Å². The lowest BCUT2D eigenvalue weighted by Gasteiger charge is -2.13. The summed E-state index contributed by atoms with van der Waals surface area (Å²) < 4.78 is 0. The zero-order chi connectivity index (χ0) is 15.0. The van der Waals surface area contributed by atoms with E-state index in [0.717, 1.165) is 34.9 Å². The van der Waals surface area contributed by atoms with Gasteiger partial charge in [0.1, 0.15) is 5.15 Å². The van der Waals surface area contributed by atoms with Crippen molar-refractivity contribution >= 4 is 28.4 Å². The van der Waals surface area contributed by atoms with Crippen molar-refractivity contribution in [3.8, 4) is 0 Å². The Morgan fingerprint density at radius 3 is 2.67 bits per heavy atom. The molecule has 1 heterocycles. The van der Waals surface area contributed by atoms with Crippen LogP contribution in [-0.2, 0) is 0 Å². The van der Waals surface area contributed by atoms with Crippen LogP contribution in [0.2, 0.25) is 5.15 Å². The first-order valence-electron chi connectivity index (χ1n) is 7.43. The number of benzene rings is 1. The van der Waals surface area contributed by atoms with Crippen molar-refractivity contribution in [1.29, 1.82) is 0 Å². The van der Waals surface area contributed by atoms with Crippen molar-refractivity contribution < 1.29 is 4.79 Å². The predicted octanol–water partition coefficient (Wildman–Crippen LogP) is 4.18. The van der Waals surface area contributed by atoms with Gasteiger partial charge >= 0.3 is 0 Å². The van der Waals surface area contributed by atoms with Gasteiger partial charge in [-0.3, -0.25) is 4.79 Å². The van der Waals surface area contributed by atoms with Crippen LogP contribution in [0.25, 0.3) is 10.9 Å². The minimum atomic E-state index is -0.111. The van der Waals surface area contributed by atoms with Gasteiger partial charge in [0.05, 0.1) is 11.1 Å². The SMILES string of the molecule is Cc1cc(C)c2nc(Cl)c(C(=O)NC3CCCC3)cc2c1. The molecule has 2 aromatic rings. The maximum atomic E-state index is 12.4. The van der Waals surface area contributed by atoms with Crippen LogP contribution < -0.4 is 5.32 Å². The number of aryl methyl sites for hydroxylation is 2. The smallest absolute Gasteiger partial charge is 0.254 e. The second-order valence-electron chi connectivity index (χ2n) is 5.94. The number of carbonyl (C=O) groups excluding carboxylic acids is 1. The number of aromatic nitrogens is 1. The molecule has 3 nitrogen and oxygen atoms in total. The third-order valence-electron chi connectivity index (χ3n) is 4.14. The van der Waals surface area contributed by atoms with Crippen LogP contribution in [0.5, 0.6) is 0 Å². The Hall–Kier alpha value is -1.61. The fourth-order valence-corrected chi connectivity index (χ4v) is 3.35. The molecule has 0 aliphatic heterocycles. The molecule has 21 heavy (non-hydrogen) atoms. The van der Waals surface area contributed by atoms with E-state index in [1.807, 2.05) is 26.0 Å². The molecule has 110 valence electrons. The molecule has 0 saturated heterocycles. The molecule has 1 aliphatic rings. The molecular weight excluding hydrogens is 284 g/mol. The van der Waals surface area contributed by atoms with Gasteiger partial charge in [0.15, 0.2) is 0 Å². The molecule has 4 heteroatoms. The van der Waals surface area contributed by atoms with Gasteiger partial charge in [-0.2, -0.15) is 0 Å². The number of hydrogen-bond donors (Lipinski definition) is 1.